The van der Waals surface area contributed by atoms with Crippen LogP contribution in [0.25, 0.3) is 0 Å². The van der Waals surface area contributed by atoms with Gasteiger partial charge in [0.15, 0.2) is 0 Å². The van der Waals surface area contributed by atoms with E-state index in [4.69, 9.17) is 0 Å². The Balaban J connectivity index is 1.44. The van der Waals surface area contributed by atoms with Crippen LogP contribution in [0.15, 0.2) is 84.9 Å². The van der Waals surface area contributed by atoms with Crippen LogP contribution in [0.5, 0.6) is 0 Å². The molecule has 0 spiro atoms. The van der Waals surface area contributed by atoms with Gasteiger partial charge in [-0.2, -0.15) is 0 Å². The number of anilines is 2. The number of carbonyl (C=O) groups is 3. The first-order valence-electron chi connectivity index (χ1n) is 12.3. The van der Waals surface area contributed by atoms with E-state index >= 15 is 0 Å². The summed E-state index contributed by atoms with van der Waals surface area (Å²) < 4.78 is 0. The summed E-state index contributed by atoms with van der Waals surface area (Å²) in [6.45, 7) is 2.27. The van der Waals surface area contributed by atoms with E-state index in [1.165, 1.54) is 4.90 Å². The van der Waals surface area contributed by atoms with E-state index in [0.717, 1.165) is 30.4 Å². The highest BCUT2D eigenvalue weighted by atomic mass is 16.2. The number of nitrogens with one attached hydrogen (secondary N) is 2. The maximum Gasteiger partial charge on any atom is 0.319 e. The largest absolute Gasteiger partial charge is 0.334 e. The van der Waals surface area contributed by atoms with Gasteiger partial charge < -0.3 is 20.4 Å². The fraction of sp³-hybridized carbons (Fsp3) is 0.276. The Morgan fingerprint density at radius 2 is 1.64 bits per heavy atom. The summed E-state index contributed by atoms with van der Waals surface area (Å²) in [4.78, 5) is 42.5. The van der Waals surface area contributed by atoms with Crippen molar-refractivity contribution in [2.45, 2.75) is 32.2 Å². The molecule has 0 aliphatic carbocycles. The molecule has 0 aromatic heterocycles. The van der Waals surface area contributed by atoms with Crippen LogP contribution in [-0.2, 0) is 9.59 Å². The van der Waals surface area contributed by atoms with Crippen molar-refractivity contribution in [1.29, 1.82) is 0 Å². The maximum absolute atomic E-state index is 13.5. The van der Waals surface area contributed by atoms with E-state index in [0.29, 0.717) is 17.9 Å². The highest BCUT2D eigenvalue weighted by molar-refractivity contribution is 6.02. The Kier molecular flexibility index (Phi) is 8.34. The van der Waals surface area contributed by atoms with Crippen molar-refractivity contribution in [3.63, 3.8) is 0 Å². The van der Waals surface area contributed by atoms with E-state index in [2.05, 4.69) is 10.6 Å². The van der Waals surface area contributed by atoms with Crippen molar-refractivity contribution < 1.29 is 14.4 Å². The lowest BCUT2D eigenvalue weighted by atomic mass is 9.95. The minimum Gasteiger partial charge on any atom is -0.334 e. The first-order chi connectivity index (χ1) is 17.5. The molecule has 0 radical (unpaired) electrons. The highest BCUT2D eigenvalue weighted by Gasteiger charge is 2.30. The second kappa shape index (κ2) is 12.0. The second-order valence-electron chi connectivity index (χ2n) is 9.00. The third-order valence-corrected chi connectivity index (χ3v) is 6.35. The summed E-state index contributed by atoms with van der Waals surface area (Å²) in [6.07, 6.45) is 2.90. The van der Waals surface area contributed by atoms with Crippen LogP contribution in [-0.4, -0.2) is 42.4 Å². The van der Waals surface area contributed by atoms with Crippen LogP contribution in [0, 0.1) is 6.92 Å². The molecule has 1 fully saturated rings. The smallest absolute Gasteiger partial charge is 0.319 e. The molecule has 1 heterocycles. The lowest BCUT2D eigenvalue weighted by Crippen LogP contribution is -2.48. The molecule has 36 heavy (non-hydrogen) atoms. The zero-order chi connectivity index (χ0) is 25.3. The van der Waals surface area contributed by atoms with Gasteiger partial charge in [0.2, 0.25) is 11.8 Å². The van der Waals surface area contributed by atoms with Crippen molar-refractivity contribution in [2.75, 3.05) is 29.9 Å². The van der Waals surface area contributed by atoms with Crippen molar-refractivity contribution in [2.24, 2.45) is 0 Å². The predicted molar refractivity (Wildman–Crippen MR) is 142 cm³/mol. The normalized spacial score (nSPS) is 15.1. The molecule has 7 nitrogen and oxygen atoms in total. The third kappa shape index (κ3) is 6.50. The number of benzene rings is 3. The highest BCUT2D eigenvalue weighted by Crippen LogP contribution is 2.31. The van der Waals surface area contributed by atoms with E-state index in [-0.39, 0.29) is 30.9 Å². The molecule has 1 aliphatic heterocycles. The fourth-order valence-corrected chi connectivity index (χ4v) is 4.56. The number of piperidine rings is 1. The quantitative estimate of drug-likeness (QED) is 0.500. The molecule has 3 aromatic carbocycles. The summed E-state index contributed by atoms with van der Waals surface area (Å²) in [5.41, 5.74) is 3.39. The Labute approximate surface area is 212 Å². The minimum atomic E-state index is -0.478. The van der Waals surface area contributed by atoms with Gasteiger partial charge in [0.25, 0.3) is 0 Å². The molecule has 0 saturated carbocycles. The summed E-state index contributed by atoms with van der Waals surface area (Å²) in [5.74, 6) is -0.466. The van der Waals surface area contributed by atoms with Crippen molar-refractivity contribution >= 4 is 29.2 Å². The van der Waals surface area contributed by atoms with E-state index in [1.807, 2.05) is 78.6 Å². The number of likely N-dealkylation sites (tertiary alicyclic amines) is 1. The Hall–Kier alpha value is -4.13. The molecule has 7 heteroatoms. The molecule has 1 unspecified atom stereocenters. The first kappa shape index (κ1) is 25.0. The monoisotopic (exact) mass is 484 g/mol. The summed E-state index contributed by atoms with van der Waals surface area (Å²) in [5, 5.41) is 5.36. The SMILES string of the molecule is Cc1cccc(NC(=O)NCC(=O)N(CC(=O)N2CCCCC2c2ccccc2)c2ccccc2)c1. The first-order valence-corrected chi connectivity index (χ1v) is 12.3. The molecule has 1 atom stereocenters. The second-order valence-corrected chi connectivity index (χ2v) is 9.00. The van der Waals surface area contributed by atoms with Gasteiger partial charge in [-0.25, -0.2) is 4.79 Å². The zero-order valence-corrected chi connectivity index (χ0v) is 20.5. The number of nitrogens with zero attached hydrogens (tertiary/aromatic N) is 2. The minimum absolute atomic E-state index is 0.00147. The van der Waals surface area contributed by atoms with Crippen LogP contribution >= 0.6 is 0 Å². The van der Waals surface area contributed by atoms with Gasteiger partial charge in [0, 0.05) is 17.9 Å². The number of carbonyl (C=O) groups excluding carboxylic acids is 3. The van der Waals surface area contributed by atoms with E-state index < -0.39 is 6.03 Å². The molecule has 2 N–H and O–H groups in total. The number of amides is 4. The van der Waals surface area contributed by atoms with Crippen LogP contribution in [0.1, 0.15) is 36.4 Å². The Morgan fingerprint density at radius 1 is 0.917 bits per heavy atom. The van der Waals surface area contributed by atoms with Crippen molar-refractivity contribution in [3.05, 3.63) is 96.1 Å². The number of rotatable bonds is 7. The summed E-state index contributed by atoms with van der Waals surface area (Å²) in [6, 6.07) is 26.1. The average molecular weight is 485 g/mol. The van der Waals surface area contributed by atoms with Gasteiger partial charge in [-0.3, -0.25) is 9.59 Å². The van der Waals surface area contributed by atoms with Crippen LogP contribution in [0.3, 0.4) is 0 Å². The lowest BCUT2D eigenvalue weighted by Gasteiger charge is -2.37. The number of hydrogen-bond donors (Lipinski definition) is 2. The van der Waals surface area contributed by atoms with E-state index in [1.54, 1.807) is 18.2 Å². The molecule has 1 aliphatic rings. The number of urea groups is 1. The van der Waals surface area contributed by atoms with Gasteiger partial charge in [-0.1, -0.05) is 60.7 Å². The molecule has 3 aromatic rings. The number of aryl methyl sites for hydroxylation is 1. The Bertz CT molecular complexity index is 1180. The summed E-state index contributed by atoms with van der Waals surface area (Å²) >= 11 is 0. The molecule has 4 amide bonds. The molecule has 186 valence electrons. The van der Waals surface area contributed by atoms with Crippen LogP contribution in [0.4, 0.5) is 16.2 Å². The van der Waals surface area contributed by atoms with Gasteiger partial charge >= 0.3 is 6.03 Å². The molecular weight excluding hydrogens is 452 g/mol. The number of hydrogen-bond acceptors (Lipinski definition) is 3. The van der Waals surface area contributed by atoms with Crippen molar-refractivity contribution in [1.82, 2.24) is 10.2 Å². The lowest BCUT2D eigenvalue weighted by molar-refractivity contribution is -0.134. The van der Waals surface area contributed by atoms with Gasteiger partial charge in [-0.15, -0.1) is 0 Å². The van der Waals surface area contributed by atoms with E-state index in [9.17, 15) is 14.4 Å². The molecule has 0 bridgehead atoms. The van der Waals surface area contributed by atoms with Crippen molar-refractivity contribution in [3.8, 4) is 0 Å². The fourth-order valence-electron chi connectivity index (χ4n) is 4.56. The maximum atomic E-state index is 13.5. The van der Waals surface area contributed by atoms with Gasteiger partial charge in [0.1, 0.15) is 6.54 Å². The predicted octanol–water partition coefficient (Wildman–Crippen LogP) is 4.90. The topological polar surface area (TPSA) is 81.8 Å². The zero-order valence-electron chi connectivity index (χ0n) is 20.5. The number of para-hydroxylation sites is 1. The van der Waals surface area contributed by atoms with Crippen LogP contribution < -0.4 is 15.5 Å². The molecule has 1 saturated heterocycles. The average Bonchev–Trinajstić information content (AvgIpc) is 2.91. The molecule has 4 rings (SSSR count). The standard InChI is InChI=1S/C29H32N4O3/c1-22-11-10-14-24(19-22)31-29(36)30-20-27(34)33(25-15-6-3-7-16-25)21-28(35)32-18-9-8-17-26(32)23-12-4-2-5-13-23/h2-7,10-16,19,26H,8-9,17-18,20-21H2,1H3,(H2,30,31,36). The van der Waals surface area contributed by atoms with Gasteiger partial charge in [0.05, 0.1) is 12.6 Å². The van der Waals surface area contributed by atoms with Crippen LogP contribution in [0.2, 0.25) is 0 Å². The Morgan fingerprint density at radius 3 is 2.36 bits per heavy atom. The summed E-state index contributed by atoms with van der Waals surface area (Å²) in [7, 11) is 0. The molecular formula is C29H32N4O3. The van der Waals surface area contributed by atoms with Gasteiger partial charge in [-0.05, 0) is 61.6 Å². The third-order valence-electron chi connectivity index (χ3n) is 6.35.